The number of hydrogen-bond donors (Lipinski definition) is 2. The van der Waals surface area contributed by atoms with Crippen LogP contribution in [0.25, 0.3) is 5.69 Å². The van der Waals surface area contributed by atoms with Crippen molar-refractivity contribution in [2.45, 2.75) is 13.3 Å². The van der Waals surface area contributed by atoms with Gasteiger partial charge in [-0.25, -0.2) is 9.59 Å². The highest BCUT2D eigenvalue weighted by molar-refractivity contribution is 5.89. The summed E-state index contributed by atoms with van der Waals surface area (Å²) in [6.45, 7) is 4.37. The van der Waals surface area contributed by atoms with Gasteiger partial charge in [0.25, 0.3) is 0 Å². The van der Waals surface area contributed by atoms with Crippen LogP contribution in [0.3, 0.4) is 0 Å². The molecule has 0 unspecified atom stereocenters. The molecule has 3 rings (SSSR count). The molecular weight excluding hydrogens is 348 g/mol. The highest BCUT2D eigenvalue weighted by atomic mass is 16.6. The summed E-state index contributed by atoms with van der Waals surface area (Å²) >= 11 is 0. The van der Waals surface area contributed by atoms with E-state index in [2.05, 4.69) is 10.6 Å². The first-order valence-electron chi connectivity index (χ1n) is 9.04. The van der Waals surface area contributed by atoms with E-state index in [0.717, 1.165) is 17.9 Å². The third kappa shape index (κ3) is 4.93. The number of nitrogens with one attached hydrogen (secondary N) is 2. The van der Waals surface area contributed by atoms with Crippen LogP contribution >= 0.6 is 0 Å². The van der Waals surface area contributed by atoms with Crippen LogP contribution in [0.2, 0.25) is 0 Å². The van der Waals surface area contributed by atoms with Gasteiger partial charge >= 0.3 is 12.1 Å². The molecule has 0 radical (unpaired) electrons. The van der Waals surface area contributed by atoms with Crippen molar-refractivity contribution in [2.75, 3.05) is 38.2 Å². The van der Waals surface area contributed by atoms with Crippen molar-refractivity contribution < 1.29 is 19.1 Å². The second-order valence-corrected chi connectivity index (χ2v) is 6.04. The van der Waals surface area contributed by atoms with E-state index in [1.54, 1.807) is 11.0 Å². The van der Waals surface area contributed by atoms with Gasteiger partial charge in [0, 0.05) is 37.7 Å². The van der Waals surface area contributed by atoms with Gasteiger partial charge in [-0.2, -0.15) is 0 Å². The molecule has 0 spiro atoms. The van der Waals surface area contributed by atoms with Crippen LogP contribution in [0.15, 0.2) is 42.7 Å². The summed E-state index contributed by atoms with van der Waals surface area (Å²) in [5.41, 5.74) is 1.49. The molecule has 0 saturated carbocycles. The predicted octanol–water partition coefficient (Wildman–Crippen LogP) is 2.84. The minimum absolute atomic E-state index is 0.327. The highest BCUT2D eigenvalue weighted by Crippen LogP contribution is 2.26. The molecule has 0 bridgehead atoms. The summed E-state index contributed by atoms with van der Waals surface area (Å²) in [4.78, 5) is 25.3. The zero-order chi connectivity index (χ0) is 19.1. The van der Waals surface area contributed by atoms with Gasteiger partial charge in [0.1, 0.15) is 5.75 Å². The van der Waals surface area contributed by atoms with Gasteiger partial charge in [0.15, 0.2) is 0 Å². The number of rotatable bonds is 7. The quantitative estimate of drug-likeness (QED) is 0.783. The van der Waals surface area contributed by atoms with E-state index in [1.165, 1.54) is 0 Å². The van der Waals surface area contributed by atoms with Crippen LogP contribution in [0.4, 0.5) is 15.3 Å². The molecule has 3 amide bonds. The Morgan fingerprint density at radius 1 is 1.30 bits per heavy atom. The summed E-state index contributed by atoms with van der Waals surface area (Å²) in [6.07, 6.45) is 4.32. The molecule has 8 heteroatoms. The maximum absolute atomic E-state index is 12.1. The topological polar surface area (TPSA) is 84.8 Å². The number of amides is 3. The molecule has 0 aliphatic carbocycles. The molecule has 1 aromatic heterocycles. The molecule has 1 aliphatic heterocycles. The second kappa shape index (κ2) is 8.98. The lowest BCUT2D eigenvalue weighted by Crippen LogP contribution is -2.43. The van der Waals surface area contributed by atoms with Crippen molar-refractivity contribution in [2.24, 2.45) is 0 Å². The van der Waals surface area contributed by atoms with Gasteiger partial charge in [-0.1, -0.05) is 0 Å². The van der Waals surface area contributed by atoms with Crippen LogP contribution in [0.5, 0.6) is 5.75 Å². The largest absolute Gasteiger partial charge is 0.492 e. The Labute approximate surface area is 158 Å². The molecular formula is C19H24N4O4. The number of hydrogen-bond acceptors (Lipinski definition) is 4. The molecule has 2 heterocycles. The number of anilines is 1. The first-order valence-corrected chi connectivity index (χ1v) is 9.04. The minimum atomic E-state index is -0.331. The van der Waals surface area contributed by atoms with Crippen molar-refractivity contribution in [1.82, 2.24) is 14.8 Å². The normalized spacial score (nSPS) is 13.8. The first kappa shape index (κ1) is 18.6. The Bertz CT molecular complexity index is 776. The Morgan fingerprint density at radius 2 is 2.11 bits per heavy atom. The third-order valence-corrected chi connectivity index (χ3v) is 4.12. The maximum Gasteiger partial charge on any atom is 0.409 e. The molecule has 1 aliphatic rings. The lowest BCUT2D eigenvalue weighted by atomic mass is 10.2. The molecule has 1 saturated heterocycles. The van der Waals surface area contributed by atoms with Crippen molar-refractivity contribution >= 4 is 17.8 Å². The molecule has 1 fully saturated rings. The van der Waals surface area contributed by atoms with E-state index in [1.807, 2.05) is 48.1 Å². The lowest BCUT2D eigenvalue weighted by molar-refractivity contribution is 0.0736. The van der Waals surface area contributed by atoms with Crippen LogP contribution in [0, 0.1) is 0 Å². The van der Waals surface area contributed by atoms with E-state index in [0.29, 0.717) is 38.5 Å². The van der Waals surface area contributed by atoms with Crippen molar-refractivity contribution in [3.63, 3.8) is 0 Å². The predicted molar refractivity (Wildman–Crippen MR) is 101 cm³/mol. The van der Waals surface area contributed by atoms with Gasteiger partial charge in [0.2, 0.25) is 0 Å². The smallest absolute Gasteiger partial charge is 0.409 e. The van der Waals surface area contributed by atoms with Crippen LogP contribution in [-0.4, -0.2) is 54.4 Å². The van der Waals surface area contributed by atoms with Gasteiger partial charge in [-0.05, 0) is 43.7 Å². The summed E-state index contributed by atoms with van der Waals surface area (Å²) in [5.74, 6) is 0.739. The Morgan fingerprint density at radius 3 is 2.85 bits per heavy atom. The van der Waals surface area contributed by atoms with Crippen LogP contribution in [0.1, 0.15) is 13.3 Å². The average molecular weight is 372 g/mol. The summed E-state index contributed by atoms with van der Waals surface area (Å²) in [7, 11) is 0. The van der Waals surface area contributed by atoms with E-state index < -0.39 is 0 Å². The average Bonchev–Trinajstić information content (AvgIpc) is 3.19. The first-order chi connectivity index (χ1) is 13.2. The number of cyclic esters (lactones) is 1. The second-order valence-electron chi connectivity index (χ2n) is 6.04. The van der Waals surface area contributed by atoms with Crippen molar-refractivity contribution in [3.8, 4) is 11.4 Å². The molecule has 27 heavy (non-hydrogen) atoms. The third-order valence-electron chi connectivity index (χ3n) is 4.12. The fraction of sp³-hybridized carbons (Fsp3) is 0.368. The number of aromatic nitrogens is 1. The van der Waals surface area contributed by atoms with Gasteiger partial charge in [0.05, 0.1) is 18.9 Å². The zero-order valence-corrected chi connectivity index (χ0v) is 15.3. The fourth-order valence-corrected chi connectivity index (χ4v) is 2.85. The maximum atomic E-state index is 12.1. The lowest BCUT2D eigenvalue weighted by Gasteiger charge is -2.26. The summed E-state index contributed by atoms with van der Waals surface area (Å²) in [5, 5.41) is 5.56. The standard InChI is InChI=1S/C19H24N4O4/c1-2-26-17-7-6-15(14-16(17)22-9-3-4-10-22)21-18(24)20-8-12-23-11-5-13-27-19(23)25/h3-4,6-7,9-10,14H,2,5,8,11-13H2,1H3,(H2,20,21,24). The number of ether oxygens (including phenoxy) is 2. The molecule has 1 aromatic carbocycles. The molecule has 144 valence electrons. The molecule has 8 nitrogen and oxygen atoms in total. The zero-order valence-electron chi connectivity index (χ0n) is 15.3. The van der Waals surface area contributed by atoms with Crippen LogP contribution < -0.4 is 15.4 Å². The van der Waals surface area contributed by atoms with E-state index >= 15 is 0 Å². The monoisotopic (exact) mass is 372 g/mol. The molecule has 2 N–H and O–H groups in total. The summed E-state index contributed by atoms with van der Waals surface area (Å²) in [6, 6.07) is 9.00. The number of benzene rings is 1. The van der Waals surface area contributed by atoms with Gasteiger partial charge < -0.3 is 29.6 Å². The molecule has 2 aromatic rings. The highest BCUT2D eigenvalue weighted by Gasteiger charge is 2.19. The number of carbonyl (C=O) groups excluding carboxylic acids is 2. The summed E-state index contributed by atoms with van der Waals surface area (Å²) < 4.78 is 12.6. The van der Waals surface area contributed by atoms with Gasteiger partial charge in [-0.15, -0.1) is 0 Å². The minimum Gasteiger partial charge on any atom is -0.492 e. The Hall–Kier alpha value is -3.16. The van der Waals surface area contributed by atoms with Crippen molar-refractivity contribution in [3.05, 3.63) is 42.7 Å². The van der Waals surface area contributed by atoms with E-state index in [-0.39, 0.29) is 12.1 Å². The fourth-order valence-electron chi connectivity index (χ4n) is 2.85. The Balaban J connectivity index is 1.57. The number of nitrogens with zero attached hydrogens (tertiary/aromatic N) is 2. The SMILES string of the molecule is CCOc1ccc(NC(=O)NCCN2CCCOC2=O)cc1-n1cccc1. The Kier molecular flexibility index (Phi) is 6.19. The van der Waals surface area contributed by atoms with E-state index in [4.69, 9.17) is 9.47 Å². The molecule has 0 atom stereocenters. The van der Waals surface area contributed by atoms with Crippen LogP contribution in [-0.2, 0) is 4.74 Å². The number of urea groups is 1. The van der Waals surface area contributed by atoms with E-state index in [9.17, 15) is 9.59 Å². The number of carbonyl (C=O) groups is 2. The van der Waals surface area contributed by atoms with Gasteiger partial charge in [-0.3, -0.25) is 0 Å². The van der Waals surface area contributed by atoms with Crippen molar-refractivity contribution in [1.29, 1.82) is 0 Å².